The molecule has 0 aliphatic carbocycles. The summed E-state index contributed by atoms with van der Waals surface area (Å²) < 4.78 is 28.6. The van der Waals surface area contributed by atoms with Crippen LogP contribution in [0.2, 0.25) is 0 Å². The van der Waals surface area contributed by atoms with E-state index in [0.29, 0.717) is 0 Å². The van der Waals surface area contributed by atoms with Crippen LogP contribution in [0.15, 0.2) is 42.9 Å². The number of amides is 1. The van der Waals surface area contributed by atoms with Crippen LogP contribution in [0.3, 0.4) is 0 Å². The zero-order valence-corrected chi connectivity index (χ0v) is 14.8. The molecule has 8 heteroatoms. The van der Waals surface area contributed by atoms with E-state index >= 15 is 0 Å². The number of aryl methyl sites for hydroxylation is 1. The largest absolute Gasteiger partial charge is 0.308 e. The molecule has 0 spiro atoms. The average molecular weight is 371 g/mol. The molecule has 1 N–H and O–H groups in total. The molecule has 2 aromatic heterocycles. The van der Waals surface area contributed by atoms with Gasteiger partial charge in [-0.25, -0.2) is 13.8 Å². The summed E-state index contributed by atoms with van der Waals surface area (Å²) in [4.78, 5) is 18.0. The van der Waals surface area contributed by atoms with Crippen LogP contribution in [0.1, 0.15) is 0 Å². The molecule has 0 saturated carbocycles. The number of nitrogens with zero attached hydrogens (tertiary/aromatic N) is 4. The molecule has 0 radical (unpaired) electrons. The highest BCUT2D eigenvalue weighted by Gasteiger charge is 2.49. The Morgan fingerprint density at radius 2 is 2.04 bits per heavy atom. The number of hydrogen-bond acceptors (Lipinski definition) is 4. The Balaban J connectivity index is 1.53. The third-order valence-electron chi connectivity index (χ3n) is 4.76. The highest BCUT2D eigenvalue weighted by atomic mass is 19.1. The number of nitrogens with one attached hydrogen (secondary N) is 1. The summed E-state index contributed by atoms with van der Waals surface area (Å²) in [7, 11) is 1.85. The number of aromatic nitrogens is 3. The van der Waals surface area contributed by atoms with Crippen molar-refractivity contribution in [1.29, 1.82) is 0 Å². The van der Waals surface area contributed by atoms with Gasteiger partial charge in [0.25, 0.3) is 5.91 Å². The van der Waals surface area contributed by atoms with Gasteiger partial charge < -0.3 is 5.32 Å². The quantitative estimate of drug-likeness (QED) is 0.749. The van der Waals surface area contributed by atoms with Gasteiger partial charge in [-0.15, -0.1) is 0 Å². The number of carbonyl (C=O) groups excluding carboxylic acids is 1. The lowest BCUT2D eigenvalue weighted by molar-refractivity contribution is -0.139. The Morgan fingerprint density at radius 3 is 2.74 bits per heavy atom. The molecule has 1 fully saturated rings. The Kier molecular flexibility index (Phi) is 4.35. The van der Waals surface area contributed by atoms with Gasteiger partial charge in [0.05, 0.1) is 6.20 Å². The van der Waals surface area contributed by atoms with Gasteiger partial charge in [-0.2, -0.15) is 5.10 Å². The third kappa shape index (κ3) is 3.40. The fourth-order valence-corrected chi connectivity index (χ4v) is 3.27. The number of halogens is 2. The third-order valence-corrected chi connectivity index (χ3v) is 4.76. The number of carbonyl (C=O) groups is 1. The molecule has 6 nitrogen and oxygen atoms in total. The lowest BCUT2D eigenvalue weighted by Crippen LogP contribution is -2.65. The fourth-order valence-electron chi connectivity index (χ4n) is 3.27. The van der Waals surface area contributed by atoms with Crippen molar-refractivity contribution in [2.75, 3.05) is 31.6 Å². The van der Waals surface area contributed by atoms with Crippen molar-refractivity contribution in [3.05, 3.63) is 42.9 Å². The number of benzene rings is 1. The molecular weight excluding hydrogens is 352 g/mol. The number of alkyl halides is 2. The smallest absolute Gasteiger partial charge is 0.265 e. The first-order valence-corrected chi connectivity index (χ1v) is 8.64. The van der Waals surface area contributed by atoms with Crippen LogP contribution in [-0.4, -0.2) is 57.5 Å². The maximum Gasteiger partial charge on any atom is 0.265 e. The topological polar surface area (TPSA) is 63.1 Å². The van der Waals surface area contributed by atoms with Crippen molar-refractivity contribution < 1.29 is 13.6 Å². The first-order chi connectivity index (χ1) is 13.0. The van der Waals surface area contributed by atoms with E-state index in [0.717, 1.165) is 21.9 Å². The van der Waals surface area contributed by atoms with Gasteiger partial charge in [0.1, 0.15) is 12.5 Å². The predicted octanol–water partition coefficient (Wildman–Crippen LogP) is 2.57. The Morgan fingerprint density at radius 1 is 1.22 bits per heavy atom. The summed E-state index contributed by atoms with van der Waals surface area (Å²) in [6.45, 7) is -0.601. The molecule has 1 saturated heterocycles. The van der Waals surface area contributed by atoms with E-state index in [4.69, 9.17) is 0 Å². The number of rotatable bonds is 5. The lowest BCUT2D eigenvalue weighted by Gasteiger charge is -2.42. The molecule has 0 bridgehead atoms. The monoisotopic (exact) mass is 371 g/mol. The van der Waals surface area contributed by atoms with Crippen molar-refractivity contribution in [2.45, 2.75) is 5.67 Å². The van der Waals surface area contributed by atoms with Gasteiger partial charge in [0, 0.05) is 50.0 Å². The SMILES string of the molecule is Cn1cc(-c2ccc3cnc(NC(=O)C4(F)CN(CCF)C4)cc3c2)cn1. The predicted molar refractivity (Wildman–Crippen MR) is 98.8 cm³/mol. The van der Waals surface area contributed by atoms with Gasteiger partial charge >= 0.3 is 0 Å². The zero-order chi connectivity index (χ0) is 19.0. The fraction of sp³-hybridized carbons (Fsp3) is 0.316. The molecular formula is C19H19F2N5O. The van der Waals surface area contributed by atoms with Crippen molar-refractivity contribution >= 4 is 22.5 Å². The van der Waals surface area contributed by atoms with E-state index in [9.17, 15) is 13.6 Å². The van der Waals surface area contributed by atoms with Crippen LogP contribution >= 0.6 is 0 Å². The second-order valence-electron chi connectivity index (χ2n) is 6.85. The molecule has 1 aliphatic rings. The van der Waals surface area contributed by atoms with Crippen LogP contribution < -0.4 is 5.32 Å². The summed E-state index contributed by atoms with van der Waals surface area (Å²) >= 11 is 0. The highest BCUT2D eigenvalue weighted by molar-refractivity contribution is 5.99. The number of hydrogen-bond donors (Lipinski definition) is 1. The number of likely N-dealkylation sites (tertiary alicyclic amines) is 1. The summed E-state index contributed by atoms with van der Waals surface area (Å²) in [6, 6.07) is 7.60. The number of anilines is 1. The Hall–Kier alpha value is -2.87. The second-order valence-corrected chi connectivity index (χ2v) is 6.85. The molecule has 1 aliphatic heterocycles. The van der Waals surface area contributed by atoms with Gasteiger partial charge in [0.15, 0.2) is 0 Å². The Bertz CT molecular complexity index is 997. The average Bonchev–Trinajstić information content (AvgIpc) is 3.06. The van der Waals surface area contributed by atoms with Crippen LogP contribution in [-0.2, 0) is 11.8 Å². The Labute approximate surface area is 154 Å². The van der Waals surface area contributed by atoms with Gasteiger partial charge in [-0.3, -0.25) is 14.4 Å². The van der Waals surface area contributed by atoms with E-state index < -0.39 is 18.3 Å². The molecule has 1 amide bonds. The molecule has 1 aromatic carbocycles. The summed E-state index contributed by atoms with van der Waals surface area (Å²) in [5.74, 6) is -0.454. The van der Waals surface area contributed by atoms with Gasteiger partial charge in [-0.1, -0.05) is 12.1 Å². The number of pyridine rings is 1. The molecule has 0 unspecified atom stereocenters. The molecule has 3 aromatic rings. The van der Waals surface area contributed by atoms with Crippen molar-refractivity contribution in [2.24, 2.45) is 7.05 Å². The maximum absolute atomic E-state index is 14.5. The first kappa shape index (κ1) is 17.5. The van der Waals surface area contributed by atoms with Crippen LogP contribution in [0.4, 0.5) is 14.6 Å². The molecule has 0 atom stereocenters. The van der Waals surface area contributed by atoms with E-state index in [1.807, 2.05) is 31.4 Å². The van der Waals surface area contributed by atoms with Crippen molar-refractivity contribution in [1.82, 2.24) is 19.7 Å². The minimum Gasteiger partial charge on any atom is -0.308 e. The second kappa shape index (κ2) is 6.70. The molecule has 4 rings (SSSR count). The van der Waals surface area contributed by atoms with E-state index in [1.54, 1.807) is 28.0 Å². The first-order valence-electron chi connectivity index (χ1n) is 8.64. The molecule has 27 heavy (non-hydrogen) atoms. The van der Waals surface area contributed by atoms with Crippen molar-refractivity contribution in [3.8, 4) is 11.1 Å². The zero-order valence-electron chi connectivity index (χ0n) is 14.8. The van der Waals surface area contributed by atoms with Crippen LogP contribution in [0, 0.1) is 0 Å². The van der Waals surface area contributed by atoms with Crippen LogP contribution in [0.5, 0.6) is 0 Å². The van der Waals surface area contributed by atoms with E-state index in [-0.39, 0.29) is 25.5 Å². The summed E-state index contributed by atoms with van der Waals surface area (Å²) in [5.41, 5.74) is -0.0302. The normalized spacial score (nSPS) is 16.3. The maximum atomic E-state index is 14.5. The van der Waals surface area contributed by atoms with Crippen LogP contribution in [0.25, 0.3) is 21.9 Å². The number of fused-ring (bicyclic) bond motifs is 1. The van der Waals surface area contributed by atoms with Crippen molar-refractivity contribution in [3.63, 3.8) is 0 Å². The lowest BCUT2D eigenvalue weighted by atomic mass is 9.95. The highest BCUT2D eigenvalue weighted by Crippen LogP contribution is 2.28. The minimum absolute atomic E-state index is 0.0957. The molecule has 3 heterocycles. The standard InChI is InChI=1S/C19H19F2N5O/c1-25-10-16(9-23-25)13-2-3-14-8-22-17(7-15(14)6-13)24-18(27)19(21)11-26(12-19)5-4-20/h2-3,6-10H,4-5,11-12H2,1H3,(H,22,24,27). The summed E-state index contributed by atoms with van der Waals surface area (Å²) in [5, 5.41) is 8.50. The van der Waals surface area contributed by atoms with E-state index in [2.05, 4.69) is 15.4 Å². The molecule has 140 valence electrons. The van der Waals surface area contributed by atoms with E-state index in [1.165, 1.54) is 0 Å². The van der Waals surface area contributed by atoms with Gasteiger partial charge in [-0.05, 0) is 23.1 Å². The summed E-state index contributed by atoms with van der Waals surface area (Å²) in [6.07, 6.45) is 5.33. The minimum atomic E-state index is -2.00. The van der Waals surface area contributed by atoms with Gasteiger partial charge in [0.2, 0.25) is 5.67 Å².